The number of amides is 1. The van der Waals surface area contributed by atoms with Crippen molar-refractivity contribution in [3.8, 4) is 0 Å². The molecule has 0 bridgehead atoms. The minimum absolute atomic E-state index is 0.256. The van der Waals surface area contributed by atoms with Crippen LogP contribution in [0.4, 0.5) is 13.2 Å². The third kappa shape index (κ3) is 5.95. The predicted molar refractivity (Wildman–Crippen MR) is 108 cm³/mol. The monoisotopic (exact) mass is 421 g/mol. The highest BCUT2D eigenvalue weighted by atomic mass is 19.4. The Labute approximate surface area is 173 Å². The fourth-order valence-electron chi connectivity index (χ4n) is 3.78. The molecule has 2 aromatic rings. The second-order valence-electron chi connectivity index (χ2n) is 7.91. The lowest BCUT2D eigenvalue weighted by Gasteiger charge is -2.31. The zero-order chi connectivity index (χ0) is 21.7. The van der Waals surface area contributed by atoms with E-state index in [1.54, 1.807) is 0 Å². The van der Waals surface area contributed by atoms with E-state index >= 15 is 0 Å². The van der Waals surface area contributed by atoms with E-state index in [2.05, 4.69) is 17.1 Å². The van der Waals surface area contributed by atoms with Crippen molar-refractivity contribution in [2.75, 3.05) is 13.1 Å². The molecule has 30 heavy (non-hydrogen) atoms. The minimum Gasteiger partial charge on any atom is -0.350 e. The van der Waals surface area contributed by atoms with Crippen molar-refractivity contribution in [2.24, 2.45) is 5.92 Å². The first-order valence-corrected chi connectivity index (χ1v) is 10.1. The summed E-state index contributed by atoms with van der Waals surface area (Å²) in [5.41, 5.74) is 0.456. The molecule has 0 radical (unpaired) electrons. The standard InChI is InChI=1S/C22H26F3N3O2/c1-16-5-4-10-27(12-16)13-18-7-3-2-6-17(18)11-26-20(29)15-28-14-19(22(23,24)25)8-9-21(28)30/h2-3,6-9,14,16H,4-5,10-13,15H2,1H3,(H,26,29)/t16-/m0/s1. The molecule has 2 heterocycles. The normalized spacial score (nSPS) is 17.7. The fraction of sp³-hybridized carbons (Fsp3) is 0.455. The molecular weight excluding hydrogens is 395 g/mol. The highest BCUT2D eigenvalue weighted by Crippen LogP contribution is 2.28. The first-order valence-electron chi connectivity index (χ1n) is 10.1. The number of nitrogens with zero attached hydrogens (tertiary/aromatic N) is 2. The van der Waals surface area contributed by atoms with Crippen LogP contribution in [0.15, 0.2) is 47.4 Å². The fourth-order valence-corrected chi connectivity index (χ4v) is 3.78. The summed E-state index contributed by atoms with van der Waals surface area (Å²) in [6.45, 7) is 4.92. The van der Waals surface area contributed by atoms with Crippen molar-refractivity contribution in [3.05, 3.63) is 69.6 Å². The molecule has 1 aromatic carbocycles. The SMILES string of the molecule is C[C@H]1CCCN(Cc2ccccc2CNC(=O)Cn2cc(C(F)(F)F)ccc2=O)C1. The number of alkyl halides is 3. The van der Waals surface area contributed by atoms with Crippen LogP contribution in [0.25, 0.3) is 0 Å². The van der Waals surface area contributed by atoms with Crippen LogP contribution in [-0.4, -0.2) is 28.5 Å². The number of carbonyl (C=O) groups is 1. The van der Waals surface area contributed by atoms with Gasteiger partial charge in [0.15, 0.2) is 0 Å². The summed E-state index contributed by atoms with van der Waals surface area (Å²) in [5.74, 6) is 0.147. The molecule has 0 aliphatic carbocycles. The first-order chi connectivity index (χ1) is 14.2. The van der Waals surface area contributed by atoms with Crippen LogP contribution in [0.3, 0.4) is 0 Å². The molecule has 162 valence electrons. The van der Waals surface area contributed by atoms with Gasteiger partial charge in [0.05, 0.1) is 5.56 Å². The van der Waals surface area contributed by atoms with Crippen LogP contribution < -0.4 is 10.9 Å². The van der Waals surface area contributed by atoms with Gasteiger partial charge in [-0.25, -0.2) is 0 Å². The summed E-state index contributed by atoms with van der Waals surface area (Å²) in [4.78, 5) is 26.5. The van der Waals surface area contributed by atoms with Gasteiger partial charge in [0, 0.05) is 31.9 Å². The quantitative estimate of drug-likeness (QED) is 0.778. The smallest absolute Gasteiger partial charge is 0.350 e. The number of hydrogen-bond acceptors (Lipinski definition) is 3. The second kappa shape index (κ2) is 9.47. The molecule has 1 aromatic heterocycles. The molecular formula is C22H26F3N3O2. The topological polar surface area (TPSA) is 54.3 Å². The van der Waals surface area contributed by atoms with Gasteiger partial charge in [0.25, 0.3) is 5.56 Å². The number of rotatable bonds is 6. The molecule has 1 atom stereocenters. The van der Waals surface area contributed by atoms with Gasteiger partial charge in [-0.3, -0.25) is 14.5 Å². The van der Waals surface area contributed by atoms with E-state index in [0.29, 0.717) is 18.2 Å². The summed E-state index contributed by atoms with van der Waals surface area (Å²) >= 11 is 0. The lowest BCUT2D eigenvalue weighted by atomic mass is 9.99. The Morgan fingerprint density at radius 2 is 1.90 bits per heavy atom. The van der Waals surface area contributed by atoms with Gasteiger partial charge in [-0.15, -0.1) is 0 Å². The van der Waals surface area contributed by atoms with Crippen molar-refractivity contribution in [2.45, 2.75) is 45.6 Å². The molecule has 0 unspecified atom stereocenters. The number of hydrogen-bond donors (Lipinski definition) is 1. The van der Waals surface area contributed by atoms with Gasteiger partial charge in [0.1, 0.15) is 6.54 Å². The van der Waals surface area contributed by atoms with Gasteiger partial charge < -0.3 is 9.88 Å². The third-order valence-electron chi connectivity index (χ3n) is 5.35. The molecule has 1 aliphatic rings. The van der Waals surface area contributed by atoms with E-state index in [4.69, 9.17) is 0 Å². The van der Waals surface area contributed by atoms with Gasteiger partial charge in [-0.05, 0) is 42.5 Å². The van der Waals surface area contributed by atoms with E-state index in [-0.39, 0.29) is 6.54 Å². The van der Waals surface area contributed by atoms with Crippen molar-refractivity contribution in [1.29, 1.82) is 0 Å². The van der Waals surface area contributed by atoms with Gasteiger partial charge in [-0.2, -0.15) is 13.2 Å². The Morgan fingerprint density at radius 1 is 1.17 bits per heavy atom. The highest BCUT2D eigenvalue weighted by molar-refractivity contribution is 5.75. The Balaban J connectivity index is 1.62. The number of aromatic nitrogens is 1. The molecule has 1 saturated heterocycles. The van der Waals surface area contributed by atoms with Crippen LogP contribution in [-0.2, 0) is 30.6 Å². The number of nitrogens with one attached hydrogen (secondary N) is 1. The number of carbonyl (C=O) groups excluding carboxylic acids is 1. The lowest BCUT2D eigenvalue weighted by molar-refractivity contribution is -0.138. The molecule has 1 aliphatic heterocycles. The van der Waals surface area contributed by atoms with Crippen LogP contribution in [0, 0.1) is 5.92 Å². The second-order valence-corrected chi connectivity index (χ2v) is 7.91. The van der Waals surface area contributed by atoms with Crippen molar-refractivity contribution >= 4 is 5.91 Å². The zero-order valence-electron chi connectivity index (χ0n) is 16.9. The van der Waals surface area contributed by atoms with Crippen molar-refractivity contribution in [1.82, 2.24) is 14.8 Å². The maximum absolute atomic E-state index is 12.8. The van der Waals surface area contributed by atoms with E-state index in [9.17, 15) is 22.8 Å². The van der Waals surface area contributed by atoms with Crippen LogP contribution in [0.2, 0.25) is 0 Å². The van der Waals surface area contributed by atoms with Crippen LogP contribution in [0.5, 0.6) is 0 Å². The molecule has 1 N–H and O–H groups in total. The summed E-state index contributed by atoms with van der Waals surface area (Å²) in [7, 11) is 0. The maximum Gasteiger partial charge on any atom is 0.417 e. The largest absolute Gasteiger partial charge is 0.417 e. The molecule has 1 amide bonds. The number of benzene rings is 1. The van der Waals surface area contributed by atoms with E-state index in [1.165, 1.54) is 12.8 Å². The Morgan fingerprint density at radius 3 is 2.60 bits per heavy atom. The van der Waals surface area contributed by atoms with Crippen molar-refractivity contribution < 1.29 is 18.0 Å². The molecule has 8 heteroatoms. The van der Waals surface area contributed by atoms with Gasteiger partial charge in [0.2, 0.25) is 5.91 Å². The predicted octanol–water partition coefficient (Wildman–Crippen LogP) is 3.42. The summed E-state index contributed by atoms with van der Waals surface area (Å²) in [6, 6.07) is 9.34. The molecule has 1 fully saturated rings. The van der Waals surface area contributed by atoms with E-state index < -0.39 is 29.8 Å². The van der Waals surface area contributed by atoms with Gasteiger partial charge in [-0.1, -0.05) is 31.2 Å². The Hall–Kier alpha value is -2.61. The maximum atomic E-state index is 12.8. The van der Waals surface area contributed by atoms with Crippen LogP contribution >= 0.6 is 0 Å². The lowest BCUT2D eigenvalue weighted by Crippen LogP contribution is -2.35. The van der Waals surface area contributed by atoms with E-state index in [1.807, 2.05) is 24.3 Å². The minimum atomic E-state index is -4.57. The molecule has 0 spiro atoms. The number of likely N-dealkylation sites (tertiary alicyclic amines) is 1. The number of piperidine rings is 1. The molecule has 5 nitrogen and oxygen atoms in total. The molecule has 3 rings (SSSR count). The first kappa shape index (κ1) is 22.1. The summed E-state index contributed by atoms with van der Waals surface area (Å²) < 4.78 is 39.3. The van der Waals surface area contributed by atoms with Crippen molar-refractivity contribution in [3.63, 3.8) is 0 Å². The highest BCUT2D eigenvalue weighted by Gasteiger charge is 2.31. The average molecular weight is 421 g/mol. The zero-order valence-corrected chi connectivity index (χ0v) is 16.9. The molecule has 0 saturated carbocycles. The Bertz CT molecular complexity index is 940. The summed E-state index contributed by atoms with van der Waals surface area (Å²) in [5, 5.41) is 2.72. The van der Waals surface area contributed by atoms with Crippen LogP contribution in [0.1, 0.15) is 36.5 Å². The number of pyridine rings is 1. The number of halogens is 3. The average Bonchev–Trinajstić information content (AvgIpc) is 2.68. The van der Waals surface area contributed by atoms with E-state index in [0.717, 1.165) is 41.4 Å². The summed E-state index contributed by atoms with van der Waals surface area (Å²) in [6.07, 6.45) is -1.49. The third-order valence-corrected chi connectivity index (χ3v) is 5.35. The Kier molecular flexibility index (Phi) is 6.97. The van der Waals surface area contributed by atoms with Gasteiger partial charge >= 0.3 is 6.18 Å².